The van der Waals surface area contributed by atoms with Gasteiger partial charge in [0.25, 0.3) is 0 Å². The van der Waals surface area contributed by atoms with Crippen LogP contribution in [0.15, 0.2) is 0 Å². The Hall–Kier alpha value is 0.650. The molecular weight excluding hydrogens is 135 g/mol. The van der Waals surface area contributed by atoms with Crippen molar-refractivity contribution in [1.82, 2.24) is 0 Å². The standard InChI is InChI=1S/C6H15PS/c1-6(2,3)7(4,5)8/h1-5H3. The van der Waals surface area contributed by atoms with Gasteiger partial charge < -0.3 is 0 Å². The van der Waals surface area contributed by atoms with Crippen LogP contribution in [0.4, 0.5) is 0 Å². The van der Waals surface area contributed by atoms with Crippen molar-refractivity contribution in [3.05, 3.63) is 0 Å². The largest absolute Gasteiger partial charge is 0.0975 e. The zero-order valence-electron chi connectivity index (χ0n) is 6.36. The molecule has 0 spiro atoms. The molecule has 8 heavy (non-hydrogen) atoms. The highest BCUT2D eigenvalue weighted by molar-refractivity contribution is 8.14. The van der Waals surface area contributed by atoms with Crippen molar-refractivity contribution in [3.8, 4) is 0 Å². The molecule has 0 aromatic heterocycles. The van der Waals surface area contributed by atoms with E-state index in [1.165, 1.54) is 0 Å². The van der Waals surface area contributed by atoms with Crippen LogP contribution in [0.2, 0.25) is 0 Å². The summed E-state index contributed by atoms with van der Waals surface area (Å²) in [7, 11) is 0. The van der Waals surface area contributed by atoms with Crippen molar-refractivity contribution in [1.29, 1.82) is 0 Å². The Morgan fingerprint density at radius 3 is 1.25 bits per heavy atom. The summed E-state index contributed by atoms with van der Waals surface area (Å²) >= 11 is 5.33. The van der Waals surface area contributed by atoms with Gasteiger partial charge in [0.1, 0.15) is 0 Å². The SMILES string of the molecule is CC(C)(C)P(C)(C)=S. The quantitative estimate of drug-likeness (QED) is 0.478. The predicted molar refractivity (Wildman–Crippen MR) is 45.9 cm³/mol. The van der Waals surface area contributed by atoms with Crippen molar-refractivity contribution in [3.63, 3.8) is 0 Å². The summed E-state index contributed by atoms with van der Waals surface area (Å²) in [6, 6.07) is -1.02. The Labute approximate surface area is 57.7 Å². The molecule has 0 N–H and O–H groups in total. The minimum Gasteiger partial charge on any atom is -0.0975 e. The molecule has 0 unspecified atom stereocenters. The van der Waals surface area contributed by atoms with E-state index in [2.05, 4.69) is 34.1 Å². The molecule has 0 fully saturated rings. The second-order valence-electron chi connectivity index (χ2n) is 3.52. The van der Waals surface area contributed by atoms with Crippen LogP contribution in [-0.4, -0.2) is 18.5 Å². The van der Waals surface area contributed by atoms with E-state index < -0.39 is 6.04 Å². The summed E-state index contributed by atoms with van der Waals surface area (Å²) in [5.74, 6) is 0. The van der Waals surface area contributed by atoms with E-state index in [1.54, 1.807) is 0 Å². The first-order valence-corrected chi connectivity index (χ1v) is 6.50. The van der Waals surface area contributed by atoms with Gasteiger partial charge in [-0.05, 0) is 24.5 Å². The molecule has 2 heteroatoms. The monoisotopic (exact) mass is 150 g/mol. The van der Waals surface area contributed by atoms with Crippen LogP contribution >= 0.6 is 6.04 Å². The highest BCUT2D eigenvalue weighted by Crippen LogP contribution is 2.50. The zero-order chi connectivity index (χ0) is 7.00. The molecular formula is C6H15PS. The van der Waals surface area contributed by atoms with E-state index in [0.717, 1.165) is 0 Å². The van der Waals surface area contributed by atoms with Gasteiger partial charge in [-0.1, -0.05) is 32.6 Å². The average Bonchev–Trinajstić information content (AvgIpc) is 1.25. The molecule has 0 amide bonds. The molecule has 0 aliphatic carbocycles. The molecule has 0 atom stereocenters. The maximum absolute atomic E-state index is 5.33. The Kier molecular flexibility index (Phi) is 2.29. The first kappa shape index (κ1) is 8.65. The van der Waals surface area contributed by atoms with Crippen molar-refractivity contribution < 1.29 is 0 Å². The number of rotatable bonds is 0. The Morgan fingerprint density at radius 2 is 1.25 bits per heavy atom. The van der Waals surface area contributed by atoms with Gasteiger partial charge in [0, 0.05) is 0 Å². The van der Waals surface area contributed by atoms with Gasteiger partial charge in [-0.3, -0.25) is 0 Å². The first-order chi connectivity index (χ1) is 3.25. The molecule has 0 saturated heterocycles. The van der Waals surface area contributed by atoms with Gasteiger partial charge in [-0.25, -0.2) is 0 Å². The highest BCUT2D eigenvalue weighted by atomic mass is 32.4. The third kappa shape index (κ3) is 2.28. The van der Waals surface area contributed by atoms with Gasteiger partial charge in [-0.15, -0.1) is 0 Å². The van der Waals surface area contributed by atoms with E-state index in [9.17, 15) is 0 Å². The summed E-state index contributed by atoms with van der Waals surface area (Å²) in [6.45, 7) is 11.0. The van der Waals surface area contributed by atoms with Crippen LogP contribution in [0.25, 0.3) is 0 Å². The van der Waals surface area contributed by atoms with Crippen LogP contribution in [0, 0.1) is 0 Å². The first-order valence-electron chi connectivity index (χ1n) is 2.80. The van der Waals surface area contributed by atoms with Gasteiger partial charge in [0.15, 0.2) is 0 Å². The average molecular weight is 150 g/mol. The van der Waals surface area contributed by atoms with Crippen LogP contribution < -0.4 is 0 Å². The Balaban J connectivity index is 4.26. The second-order valence-corrected chi connectivity index (χ2v) is 10.3. The Bertz CT molecular complexity index is 115. The van der Waals surface area contributed by atoms with Gasteiger partial charge in [-0.2, -0.15) is 0 Å². The summed E-state index contributed by atoms with van der Waals surface area (Å²) in [5.41, 5.74) is 0. The lowest BCUT2D eigenvalue weighted by Crippen LogP contribution is -2.12. The van der Waals surface area contributed by atoms with Gasteiger partial charge >= 0.3 is 0 Å². The topological polar surface area (TPSA) is 0 Å². The van der Waals surface area contributed by atoms with Crippen LogP contribution in [0.1, 0.15) is 20.8 Å². The summed E-state index contributed by atoms with van der Waals surface area (Å²) in [6.07, 6.45) is 0. The van der Waals surface area contributed by atoms with E-state index in [4.69, 9.17) is 11.8 Å². The third-order valence-electron chi connectivity index (χ3n) is 1.62. The summed E-state index contributed by atoms with van der Waals surface area (Å²) < 4.78 is 0. The number of hydrogen-bond donors (Lipinski definition) is 0. The molecule has 0 heterocycles. The van der Waals surface area contributed by atoms with Crippen molar-refractivity contribution >= 4 is 17.8 Å². The second kappa shape index (κ2) is 2.11. The molecule has 0 radical (unpaired) electrons. The minimum absolute atomic E-state index is 0.363. The molecule has 0 rings (SSSR count). The fourth-order valence-electron chi connectivity index (χ4n) is 0. The van der Waals surface area contributed by atoms with Crippen molar-refractivity contribution in [2.45, 2.75) is 25.9 Å². The van der Waals surface area contributed by atoms with Crippen molar-refractivity contribution in [2.75, 3.05) is 13.3 Å². The predicted octanol–water partition coefficient (Wildman–Crippen LogP) is 2.52. The maximum Gasteiger partial charge on any atom is -0.00938 e. The third-order valence-corrected chi connectivity index (χ3v) is 6.49. The van der Waals surface area contributed by atoms with Crippen LogP contribution in [0.3, 0.4) is 0 Å². The van der Waals surface area contributed by atoms with Gasteiger partial charge in [0.05, 0.1) is 0 Å². The van der Waals surface area contributed by atoms with Gasteiger partial charge in [0.2, 0.25) is 0 Å². The van der Waals surface area contributed by atoms with E-state index in [-0.39, 0.29) is 0 Å². The van der Waals surface area contributed by atoms with E-state index in [1.807, 2.05) is 0 Å². The summed E-state index contributed by atoms with van der Waals surface area (Å²) in [5, 5.41) is 0.363. The minimum atomic E-state index is -1.02. The molecule has 0 nitrogen and oxygen atoms in total. The lowest BCUT2D eigenvalue weighted by atomic mass is 10.3. The molecule has 0 aromatic carbocycles. The normalized spacial score (nSPS) is 14.1. The fraction of sp³-hybridized carbons (Fsp3) is 1.00. The molecule has 50 valence electrons. The van der Waals surface area contributed by atoms with Crippen LogP contribution in [0.5, 0.6) is 0 Å². The van der Waals surface area contributed by atoms with E-state index >= 15 is 0 Å². The highest BCUT2D eigenvalue weighted by Gasteiger charge is 2.20. The smallest absolute Gasteiger partial charge is 0.00938 e. The number of hydrogen-bond acceptors (Lipinski definition) is 1. The fourth-order valence-corrected chi connectivity index (χ4v) is 0. The zero-order valence-corrected chi connectivity index (χ0v) is 8.07. The summed E-state index contributed by atoms with van der Waals surface area (Å²) in [4.78, 5) is 0. The lowest BCUT2D eigenvalue weighted by Gasteiger charge is -2.27. The lowest BCUT2D eigenvalue weighted by molar-refractivity contribution is 0.787. The van der Waals surface area contributed by atoms with E-state index in [0.29, 0.717) is 5.16 Å². The molecule has 0 bridgehead atoms. The Morgan fingerprint density at radius 1 is 1.12 bits per heavy atom. The molecule has 0 saturated carbocycles. The molecule has 0 aliphatic heterocycles. The van der Waals surface area contributed by atoms with Crippen LogP contribution in [-0.2, 0) is 11.8 Å². The van der Waals surface area contributed by atoms with Crippen molar-refractivity contribution in [2.24, 2.45) is 0 Å². The molecule has 0 aromatic rings. The maximum atomic E-state index is 5.33. The molecule has 0 aliphatic rings.